The fourth-order valence-electron chi connectivity index (χ4n) is 1.71. The molecule has 1 rings (SSSR count). The number of halogens is 1. The minimum Gasteiger partial charge on any atom is -0.310 e. The van der Waals surface area contributed by atoms with E-state index in [0.29, 0.717) is 0 Å². The van der Waals surface area contributed by atoms with Gasteiger partial charge in [0.25, 0.3) is 5.56 Å². The number of likely N-dealkylation sites (N-methyl/N-ethyl adjacent to an activating group) is 1. The summed E-state index contributed by atoms with van der Waals surface area (Å²) in [4.78, 5) is 21.4. The van der Waals surface area contributed by atoms with Gasteiger partial charge in [0.05, 0.1) is 9.26 Å². The van der Waals surface area contributed by atoms with Crippen LogP contribution in [-0.2, 0) is 12.8 Å². The number of aromatic amines is 1. The summed E-state index contributed by atoms with van der Waals surface area (Å²) in [6.07, 6.45) is 1.61. The summed E-state index contributed by atoms with van der Waals surface area (Å²) in [7, 11) is 0. The predicted molar refractivity (Wildman–Crippen MR) is 78.4 cm³/mol. The van der Waals surface area contributed by atoms with Crippen molar-refractivity contribution < 1.29 is 0 Å². The first kappa shape index (κ1) is 14.6. The molecule has 0 saturated carbocycles. The molecule has 0 aliphatic rings. The first-order valence-corrected chi connectivity index (χ1v) is 7.20. The topological polar surface area (TPSA) is 49.0 Å². The fourth-order valence-corrected chi connectivity index (χ4v) is 2.35. The van der Waals surface area contributed by atoms with E-state index < -0.39 is 0 Å². The van der Waals surface area contributed by atoms with Gasteiger partial charge in [-0.05, 0) is 42.1 Å². The molecular formula is C12H20IN3O. The Labute approximate surface area is 116 Å². The molecule has 0 amide bonds. The van der Waals surface area contributed by atoms with E-state index in [9.17, 15) is 4.79 Å². The second kappa shape index (κ2) is 7.10. The van der Waals surface area contributed by atoms with E-state index in [1.807, 2.05) is 6.92 Å². The van der Waals surface area contributed by atoms with Gasteiger partial charge in [-0.1, -0.05) is 20.8 Å². The van der Waals surface area contributed by atoms with Gasteiger partial charge in [0.1, 0.15) is 5.82 Å². The second-order valence-corrected chi connectivity index (χ2v) is 4.98. The van der Waals surface area contributed by atoms with Crippen LogP contribution in [0.5, 0.6) is 0 Å². The van der Waals surface area contributed by atoms with Gasteiger partial charge in [0, 0.05) is 13.0 Å². The average Bonchev–Trinajstić information content (AvgIpc) is 2.34. The van der Waals surface area contributed by atoms with Crippen molar-refractivity contribution in [2.75, 3.05) is 19.6 Å². The highest BCUT2D eigenvalue weighted by molar-refractivity contribution is 14.1. The van der Waals surface area contributed by atoms with Crippen molar-refractivity contribution in [3.8, 4) is 0 Å². The van der Waals surface area contributed by atoms with Crippen molar-refractivity contribution in [3.63, 3.8) is 0 Å². The zero-order chi connectivity index (χ0) is 12.8. The SMILES string of the molecule is CCc1nc(CCN(CC)CC)[nH]c(=O)c1I. The molecule has 1 N–H and O–H groups in total. The lowest BCUT2D eigenvalue weighted by molar-refractivity contribution is 0.305. The van der Waals surface area contributed by atoms with Crippen molar-refractivity contribution in [2.45, 2.75) is 33.6 Å². The van der Waals surface area contributed by atoms with Crippen molar-refractivity contribution in [3.05, 3.63) is 25.4 Å². The van der Waals surface area contributed by atoms with Crippen molar-refractivity contribution >= 4 is 22.6 Å². The third-order valence-electron chi connectivity index (χ3n) is 2.87. The Kier molecular flexibility index (Phi) is 6.11. The van der Waals surface area contributed by atoms with Gasteiger partial charge in [0.2, 0.25) is 0 Å². The molecule has 0 aromatic carbocycles. The van der Waals surface area contributed by atoms with E-state index in [2.05, 4.69) is 51.3 Å². The van der Waals surface area contributed by atoms with Gasteiger partial charge in [0.15, 0.2) is 0 Å². The van der Waals surface area contributed by atoms with Crippen LogP contribution in [-0.4, -0.2) is 34.5 Å². The molecule has 96 valence electrons. The van der Waals surface area contributed by atoms with Crippen LogP contribution in [0.3, 0.4) is 0 Å². The third-order valence-corrected chi connectivity index (χ3v) is 3.99. The van der Waals surface area contributed by atoms with E-state index in [1.165, 1.54) is 0 Å². The number of aryl methyl sites for hydroxylation is 1. The number of aromatic nitrogens is 2. The Morgan fingerprint density at radius 2 is 1.94 bits per heavy atom. The van der Waals surface area contributed by atoms with Gasteiger partial charge >= 0.3 is 0 Å². The van der Waals surface area contributed by atoms with Gasteiger partial charge < -0.3 is 9.88 Å². The lowest BCUT2D eigenvalue weighted by Gasteiger charge is -2.17. The van der Waals surface area contributed by atoms with Crippen molar-refractivity contribution in [1.82, 2.24) is 14.9 Å². The monoisotopic (exact) mass is 349 g/mol. The molecule has 4 nitrogen and oxygen atoms in total. The zero-order valence-corrected chi connectivity index (χ0v) is 12.9. The van der Waals surface area contributed by atoms with E-state index in [0.717, 1.165) is 47.6 Å². The Morgan fingerprint density at radius 3 is 2.47 bits per heavy atom. The standard InChI is InChI=1S/C12H20IN3O/c1-4-9-11(13)12(17)15-10(14-9)7-8-16(5-2)6-3/h4-8H2,1-3H3,(H,14,15,17). The minimum atomic E-state index is -0.00741. The number of nitrogens with one attached hydrogen (secondary N) is 1. The molecule has 0 spiro atoms. The van der Waals surface area contributed by atoms with Gasteiger partial charge in [-0.3, -0.25) is 4.79 Å². The van der Waals surface area contributed by atoms with Crippen LogP contribution in [0.15, 0.2) is 4.79 Å². The smallest absolute Gasteiger partial charge is 0.264 e. The summed E-state index contributed by atoms with van der Waals surface area (Å²) in [6, 6.07) is 0. The molecule has 0 unspecified atom stereocenters. The molecule has 0 atom stereocenters. The predicted octanol–water partition coefficient (Wildman–Crippen LogP) is 1.82. The highest BCUT2D eigenvalue weighted by atomic mass is 127. The van der Waals surface area contributed by atoms with Crippen LogP contribution in [0.1, 0.15) is 32.3 Å². The first-order valence-electron chi connectivity index (χ1n) is 6.12. The first-order chi connectivity index (χ1) is 8.12. The maximum absolute atomic E-state index is 11.7. The normalized spacial score (nSPS) is 11.1. The lowest BCUT2D eigenvalue weighted by atomic mass is 10.3. The maximum Gasteiger partial charge on any atom is 0.264 e. The molecular weight excluding hydrogens is 329 g/mol. The number of rotatable bonds is 6. The van der Waals surface area contributed by atoms with Gasteiger partial charge in [-0.15, -0.1) is 0 Å². The van der Waals surface area contributed by atoms with Crippen molar-refractivity contribution in [1.29, 1.82) is 0 Å². The quantitative estimate of drug-likeness (QED) is 0.797. The van der Waals surface area contributed by atoms with E-state index in [4.69, 9.17) is 0 Å². The van der Waals surface area contributed by atoms with Crippen LogP contribution in [0.2, 0.25) is 0 Å². The molecule has 1 aromatic heterocycles. The minimum absolute atomic E-state index is 0.00741. The van der Waals surface area contributed by atoms with E-state index in [1.54, 1.807) is 0 Å². The second-order valence-electron chi connectivity index (χ2n) is 3.90. The third kappa shape index (κ3) is 4.06. The molecule has 0 radical (unpaired) electrons. The van der Waals surface area contributed by atoms with Crippen LogP contribution in [0.25, 0.3) is 0 Å². The van der Waals surface area contributed by atoms with Gasteiger partial charge in [-0.25, -0.2) is 4.98 Å². The summed E-state index contributed by atoms with van der Waals surface area (Å²) in [5.74, 6) is 0.805. The Morgan fingerprint density at radius 1 is 1.29 bits per heavy atom. The van der Waals surface area contributed by atoms with Crippen LogP contribution >= 0.6 is 22.6 Å². The summed E-state index contributed by atoms with van der Waals surface area (Å²) in [5, 5.41) is 0. The average molecular weight is 349 g/mol. The molecule has 0 saturated heterocycles. The maximum atomic E-state index is 11.7. The van der Waals surface area contributed by atoms with E-state index >= 15 is 0 Å². The molecule has 1 aromatic rings. The molecule has 1 heterocycles. The lowest BCUT2D eigenvalue weighted by Crippen LogP contribution is -2.27. The summed E-state index contributed by atoms with van der Waals surface area (Å²) < 4.78 is 0.719. The molecule has 5 heteroatoms. The van der Waals surface area contributed by atoms with Crippen molar-refractivity contribution in [2.24, 2.45) is 0 Å². The summed E-state index contributed by atoms with van der Waals surface area (Å²) in [6.45, 7) is 9.32. The number of hydrogen-bond donors (Lipinski definition) is 1. The molecule has 0 aliphatic heterocycles. The summed E-state index contributed by atoms with van der Waals surface area (Å²) in [5.41, 5.74) is 0.899. The van der Waals surface area contributed by atoms with Crippen LogP contribution < -0.4 is 5.56 Å². The number of nitrogens with zero attached hydrogens (tertiary/aromatic N) is 2. The Hall–Kier alpha value is -0.430. The molecule has 0 bridgehead atoms. The molecule has 17 heavy (non-hydrogen) atoms. The Bertz CT molecular complexity index is 413. The zero-order valence-electron chi connectivity index (χ0n) is 10.7. The summed E-state index contributed by atoms with van der Waals surface area (Å²) >= 11 is 2.06. The highest BCUT2D eigenvalue weighted by Crippen LogP contribution is 2.05. The fraction of sp³-hybridized carbons (Fsp3) is 0.667. The van der Waals surface area contributed by atoms with E-state index in [-0.39, 0.29) is 5.56 Å². The number of H-pyrrole nitrogens is 1. The molecule has 0 aliphatic carbocycles. The van der Waals surface area contributed by atoms with Gasteiger partial charge in [-0.2, -0.15) is 0 Å². The number of hydrogen-bond acceptors (Lipinski definition) is 3. The molecule has 0 fully saturated rings. The largest absolute Gasteiger partial charge is 0.310 e. The Balaban J connectivity index is 2.78. The van der Waals surface area contributed by atoms with Crippen LogP contribution in [0, 0.1) is 3.57 Å². The highest BCUT2D eigenvalue weighted by Gasteiger charge is 2.08. The van der Waals surface area contributed by atoms with Crippen LogP contribution in [0.4, 0.5) is 0 Å².